The molecule has 3 rings (SSSR count). The van der Waals surface area contributed by atoms with E-state index in [4.69, 9.17) is 0 Å². The van der Waals surface area contributed by atoms with Crippen LogP contribution in [-0.4, -0.2) is 48.4 Å². The van der Waals surface area contributed by atoms with E-state index in [1.54, 1.807) is 0 Å². The summed E-state index contributed by atoms with van der Waals surface area (Å²) >= 11 is 0. The molecular formula is C22H32N2O. The van der Waals surface area contributed by atoms with Crippen molar-refractivity contribution in [3.05, 3.63) is 41.5 Å². The van der Waals surface area contributed by atoms with Crippen LogP contribution in [0.25, 0.3) is 6.08 Å². The molecule has 2 aliphatic heterocycles. The van der Waals surface area contributed by atoms with Gasteiger partial charge in [-0.3, -0.25) is 9.69 Å². The maximum absolute atomic E-state index is 12.6. The van der Waals surface area contributed by atoms with Crippen LogP contribution in [-0.2, 0) is 4.79 Å². The average Bonchev–Trinajstić information content (AvgIpc) is 2.89. The molecule has 25 heavy (non-hydrogen) atoms. The number of rotatable bonds is 4. The molecule has 2 fully saturated rings. The van der Waals surface area contributed by atoms with Gasteiger partial charge in [-0.1, -0.05) is 54.8 Å². The Balaban J connectivity index is 1.44. The number of hydrogen-bond donors (Lipinski definition) is 0. The first-order chi connectivity index (χ1) is 12.2. The third-order valence-corrected chi connectivity index (χ3v) is 5.55. The summed E-state index contributed by atoms with van der Waals surface area (Å²) in [6.07, 6.45) is 11.9. The molecule has 0 unspecified atom stereocenters. The molecule has 2 heterocycles. The van der Waals surface area contributed by atoms with Crippen LogP contribution in [0.1, 0.15) is 49.7 Å². The van der Waals surface area contributed by atoms with Gasteiger partial charge in [0.15, 0.2) is 0 Å². The monoisotopic (exact) mass is 340 g/mol. The lowest BCUT2D eigenvalue weighted by Crippen LogP contribution is -2.44. The molecule has 0 saturated carbocycles. The van der Waals surface area contributed by atoms with Crippen LogP contribution in [0.4, 0.5) is 0 Å². The van der Waals surface area contributed by atoms with Crippen LogP contribution >= 0.6 is 0 Å². The second kappa shape index (κ2) is 9.19. The van der Waals surface area contributed by atoms with Gasteiger partial charge in [0.05, 0.1) is 6.54 Å². The highest BCUT2D eigenvalue weighted by atomic mass is 16.2. The minimum atomic E-state index is 0.336. The molecular weight excluding hydrogens is 308 g/mol. The zero-order valence-corrected chi connectivity index (χ0v) is 15.6. The van der Waals surface area contributed by atoms with Crippen LogP contribution in [0.3, 0.4) is 0 Å². The van der Waals surface area contributed by atoms with Gasteiger partial charge in [-0.25, -0.2) is 0 Å². The number of allylic oxidation sites excluding steroid dienone is 1. The number of nitrogens with zero attached hydrogens (tertiary/aromatic N) is 2. The van der Waals surface area contributed by atoms with Crippen molar-refractivity contribution in [2.24, 2.45) is 5.92 Å². The van der Waals surface area contributed by atoms with Gasteiger partial charge in [0.1, 0.15) is 0 Å². The van der Waals surface area contributed by atoms with E-state index < -0.39 is 0 Å². The van der Waals surface area contributed by atoms with Crippen molar-refractivity contribution < 1.29 is 4.79 Å². The highest BCUT2D eigenvalue weighted by Gasteiger charge is 2.23. The smallest absolute Gasteiger partial charge is 0.236 e. The van der Waals surface area contributed by atoms with Crippen molar-refractivity contribution in [3.63, 3.8) is 0 Å². The van der Waals surface area contributed by atoms with E-state index >= 15 is 0 Å². The van der Waals surface area contributed by atoms with Gasteiger partial charge in [-0.2, -0.15) is 0 Å². The Labute approximate surface area is 152 Å². The van der Waals surface area contributed by atoms with Crippen molar-refractivity contribution in [2.45, 2.75) is 45.4 Å². The SMILES string of the molecule is Cc1cccc(C=CC2CCN(C(=O)CN3CCCCCC3)CC2)c1. The minimum Gasteiger partial charge on any atom is -0.342 e. The van der Waals surface area contributed by atoms with Crippen LogP contribution in [0.5, 0.6) is 0 Å². The Morgan fingerprint density at radius 1 is 1.08 bits per heavy atom. The second-order valence-electron chi connectivity index (χ2n) is 7.68. The lowest BCUT2D eigenvalue weighted by atomic mass is 9.95. The number of piperidine rings is 1. The summed E-state index contributed by atoms with van der Waals surface area (Å²) in [5.74, 6) is 0.936. The van der Waals surface area contributed by atoms with Crippen molar-refractivity contribution in [2.75, 3.05) is 32.7 Å². The Bertz CT molecular complexity index is 579. The summed E-state index contributed by atoms with van der Waals surface area (Å²) < 4.78 is 0. The highest BCUT2D eigenvalue weighted by molar-refractivity contribution is 5.78. The normalized spacial score (nSPS) is 20.8. The predicted octanol–water partition coefficient (Wildman–Crippen LogP) is 4.12. The summed E-state index contributed by atoms with van der Waals surface area (Å²) in [7, 11) is 0. The molecule has 0 N–H and O–H groups in total. The molecule has 0 radical (unpaired) electrons. The number of carbonyl (C=O) groups excluding carboxylic acids is 1. The van der Waals surface area contributed by atoms with Gasteiger partial charge < -0.3 is 4.90 Å². The minimum absolute atomic E-state index is 0.336. The first kappa shape index (κ1) is 18.2. The number of hydrogen-bond acceptors (Lipinski definition) is 2. The molecule has 2 saturated heterocycles. The molecule has 1 aromatic rings. The van der Waals surface area contributed by atoms with E-state index in [9.17, 15) is 4.79 Å². The van der Waals surface area contributed by atoms with Gasteiger partial charge in [0, 0.05) is 13.1 Å². The van der Waals surface area contributed by atoms with Crippen molar-refractivity contribution in [1.29, 1.82) is 0 Å². The highest BCUT2D eigenvalue weighted by Crippen LogP contribution is 2.20. The van der Waals surface area contributed by atoms with Crippen molar-refractivity contribution in [1.82, 2.24) is 9.80 Å². The zero-order valence-electron chi connectivity index (χ0n) is 15.6. The Kier molecular flexibility index (Phi) is 6.69. The summed E-state index contributed by atoms with van der Waals surface area (Å²) in [4.78, 5) is 17.0. The van der Waals surface area contributed by atoms with E-state index in [0.717, 1.165) is 39.0 Å². The molecule has 0 aromatic heterocycles. The van der Waals surface area contributed by atoms with E-state index in [-0.39, 0.29) is 0 Å². The summed E-state index contributed by atoms with van der Waals surface area (Å²) in [6, 6.07) is 8.62. The van der Waals surface area contributed by atoms with Gasteiger partial charge in [-0.15, -0.1) is 0 Å². The van der Waals surface area contributed by atoms with Crippen LogP contribution in [0.15, 0.2) is 30.3 Å². The number of carbonyl (C=O) groups is 1. The van der Waals surface area contributed by atoms with Gasteiger partial charge in [0.2, 0.25) is 5.91 Å². The first-order valence-electron chi connectivity index (χ1n) is 9.96. The molecule has 0 spiro atoms. The van der Waals surface area contributed by atoms with E-state index in [2.05, 4.69) is 53.1 Å². The van der Waals surface area contributed by atoms with Crippen molar-refractivity contribution in [3.8, 4) is 0 Å². The number of likely N-dealkylation sites (tertiary alicyclic amines) is 2. The lowest BCUT2D eigenvalue weighted by Gasteiger charge is -2.32. The predicted molar refractivity (Wildman–Crippen MR) is 104 cm³/mol. The summed E-state index contributed by atoms with van der Waals surface area (Å²) in [5, 5.41) is 0. The average molecular weight is 341 g/mol. The summed E-state index contributed by atoms with van der Waals surface area (Å²) in [5.41, 5.74) is 2.58. The largest absolute Gasteiger partial charge is 0.342 e. The molecule has 136 valence electrons. The summed E-state index contributed by atoms with van der Waals surface area (Å²) in [6.45, 7) is 6.78. The molecule has 0 bridgehead atoms. The van der Waals surface area contributed by atoms with Crippen LogP contribution < -0.4 is 0 Å². The Morgan fingerprint density at radius 2 is 1.80 bits per heavy atom. The third kappa shape index (κ3) is 5.71. The van der Waals surface area contributed by atoms with E-state index in [0.29, 0.717) is 18.4 Å². The van der Waals surface area contributed by atoms with Gasteiger partial charge in [-0.05, 0) is 57.2 Å². The van der Waals surface area contributed by atoms with Crippen LogP contribution in [0, 0.1) is 12.8 Å². The number of benzene rings is 1. The zero-order chi connectivity index (χ0) is 17.5. The topological polar surface area (TPSA) is 23.6 Å². The van der Waals surface area contributed by atoms with Gasteiger partial charge in [0.25, 0.3) is 0 Å². The lowest BCUT2D eigenvalue weighted by molar-refractivity contribution is -0.133. The molecule has 0 aliphatic carbocycles. The Morgan fingerprint density at radius 3 is 2.48 bits per heavy atom. The van der Waals surface area contributed by atoms with E-state index in [1.807, 2.05) is 0 Å². The van der Waals surface area contributed by atoms with Crippen molar-refractivity contribution >= 4 is 12.0 Å². The quantitative estimate of drug-likeness (QED) is 0.823. The first-order valence-corrected chi connectivity index (χ1v) is 9.96. The number of aryl methyl sites for hydroxylation is 1. The van der Waals surface area contributed by atoms with E-state index in [1.165, 1.54) is 36.8 Å². The molecule has 3 heteroatoms. The fraction of sp³-hybridized carbons (Fsp3) is 0.591. The van der Waals surface area contributed by atoms with Crippen LogP contribution in [0.2, 0.25) is 0 Å². The maximum atomic E-state index is 12.6. The fourth-order valence-corrected chi connectivity index (χ4v) is 3.95. The standard InChI is InChI=1S/C22H32N2O/c1-19-7-6-8-21(17-19)10-9-20-11-15-24(16-12-20)22(25)18-23-13-4-2-3-5-14-23/h6-10,17,20H,2-5,11-16,18H2,1H3. The number of amides is 1. The molecule has 1 amide bonds. The third-order valence-electron chi connectivity index (χ3n) is 5.55. The molecule has 0 atom stereocenters. The molecule has 2 aliphatic rings. The van der Waals surface area contributed by atoms with Gasteiger partial charge >= 0.3 is 0 Å². The molecule has 1 aromatic carbocycles. The second-order valence-corrected chi connectivity index (χ2v) is 7.68. The molecule has 3 nitrogen and oxygen atoms in total. The fourth-order valence-electron chi connectivity index (χ4n) is 3.95. The maximum Gasteiger partial charge on any atom is 0.236 e. The Hall–Kier alpha value is -1.61.